The lowest BCUT2D eigenvalue weighted by atomic mass is 10.3. The van der Waals surface area contributed by atoms with E-state index in [-0.39, 0.29) is 0 Å². The van der Waals surface area contributed by atoms with Gasteiger partial charge in [0.2, 0.25) is 0 Å². The van der Waals surface area contributed by atoms with Crippen molar-refractivity contribution in [3.8, 4) is 0 Å². The Morgan fingerprint density at radius 1 is 0.722 bits per heavy atom. The second-order valence-corrected chi connectivity index (χ2v) is 4.52. The highest BCUT2D eigenvalue weighted by Gasteiger charge is 1.94. The first kappa shape index (κ1) is 17.6. The maximum Gasteiger partial charge on any atom is 0.0174 e. The highest BCUT2D eigenvalue weighted by atomic mass is 14.9. The number of hydrogen-bond donors (Lipinski definition) is 4. The Morgan fingerprint density at radius 2 is 1.11 bits per heavy atom. The number of nitrogens with one attached hydrogen (secondary N) is 4. The Bertz CT molecular complexity index is 165. The molecule has 108 valence electrons. The van der Waals surface area contributed by atoms with Crippen molar-refractivity contribution >= 4 is 0 Å². The van der Waals surface area contributed by atoms with Crippen molar-refractivity contribution in [3.63, 3.8) is 0 Å². The molecule has 0 spiro atoms. The van der Waals surface area contributed by atoms with Gasteiger partial charge in [0, 0.05) is 13.1 Å². The van der Waals surface area contributed by atoms with Crippen LogP contribution in [0.25, 0.3) is 0 Å². The third kappa shape index (κ3) is 13.6. The van der Waals surface area contributed by atoms with Crippen LogP contribution in [0.15, 0.2) is 12.2 Å². The second-order valence-electron chi connectivity index (χ2n) is 4.52. The van der Waals surface area contributed by atoms with E-state index in [0.717, 1.165) is 52.4 Å². The van der Waals surface area contributed by atoms with Gasteiger partial charge in [0.1, 0.15) is 0 Å². The van der Waals surface area contributed by atoms with Gasteiger partial charge in [-0.25, -0.2) is 0 Å². The molecule has 0 radical (unpaired) electrons. The maximum absolute atomic E-state index is 4.07. The van der Waals surface area contributed by atoms with E-state index in [1.165, 1.54) is 18.4 Å². The first-order valence-electron chi connectivity index (χ1n) is 7.30. The predicted octanol–water partition coefficient (Wildman–Crippen LogP) is 0.721. The molecule has 0 saturated heterocycles. The molecule has 0 saturated carbocycles. The van der Waals surface area contributed by atoms with Gasteiger partial charge in [-0.1, -0.05) is 20.4 Å². The summed E-state index contributed by atoms with van der Waals surface area (Å²) in [7, 11) is 0. The van der Waals surface area contributed by atoms with E-state index in [2.05, 4.69) is 41.7 Å². The van der Waals surface area contributed by atoms with Crippen LogP contribution in [0.4, 0.5) is 0 Å². The van der Waals surface area contributed by atoms with Crippen LogP contribution in [0.3, 0.4) is 0 Å². The first-order chi connectivity index (χ1) is 8.81. The second kappa shape index (κ2) is 14.6. The molecule has 4 nitrogen and oxygen atoms in total. The maximum atomic E-state index is 4.07. The van der Waals surface area contributed by atoms with E-state index in [0.29, 0.717) is 0 Å². The summed E-state index contributed by atoms with van der Waals surface area (Å²) in [6.45, 7) is 16.6. The van der Waals surface area contributed by atoms with Crippen molar-refractivity contribution in [2.75, 3.05) is 52.4 Å². The highest BCUT2D eigenvalue weighted by molar-refractivity contribution is 4.98. The van der Waals surface area contributed by atoms with Crippen LogP contribution in [-0.2, 0) is 0 Å². The minimum Gasteiger partial charge on any atom is -0.317 e. The lowest BCUT2D eigenvalue weighted by Gasteiger charge is -2.09. The molecule has 0 aliphatic carbocycles. The molecule has 0 aromatic rings. The standard InChI is InChI=1S/C14H32N4/c1-4-15-8-6-10-17-12-14(3)13-18-11-7-9-16-5-2/h15-18H,3-13H2,1-2H3. The summed E-state index contributed by atoms with van der Waals surface area (Å²) in [5, 5.41) is 13.5. The molecule has 18 heavy (non-hydrogen) atoms. The van der Waals surface area contributed by atoms with E-state index < -0.39 is 0 Å². The zero-order chi connectivity index (χ0) is 13.5. The molecule has 0 rings (SSSR count). The predicted molar refractivity (Wildman–Crippen MR) is 81.2 cm³/mol. The third-order valence-electron chi connectivity index (χ3n) is 2.66. The fourth-order valence-electron chi connectivity index (χ4n) is 1.62. The van der Waals surface area contributed by atoms with Gasteiger partial charge in [0.05, 0.1) is 0 Å². The molecular formula is C14H32N4. The smallest absolute Gasteiger partial charge is 0.0174 e. The number of rotatable bonds is 14. The molecule has 4 heteroatoms. The summed E-state index contributed by atoms with van der Waals surface area (Å²) < 4.78 is 0. The Kier molecular flexibility index (Phi) is 14.3. The normalized spacial score (nSPS) is 10.8. The van der Waals surface area contributed by atoms with E-state index in [4.69, 9.17) is 0 Å². The van der Waals surface area contributed by atoms with Gasteiger partial charge in [0.15, 0.2) is 0 Å². The van der Waals surface area contributed by atoms with Gasteiger partial charge in [-0.15, -0.1) is 0 Å². The topological polar surface area (TPSA) is 48.1 Å². The van der Waals surface area contributed by atoms with Crippen molar-refractivity contribution in [3.05, 3.63) is 12.2 Å². The Hall–Kier alpha value is -0.420. The van der Waals surface area contributed by atoms with Crippen molar-refractivity contribution in [1.29, 1.82) is 0 Å². The van der Waals surface area contributed by atoms with Crippen LogP contribution in [-0.4, -0.2) is 52.4 Å². The minimum absolute atomic E-state index is 0.923. The largest absolute Gasteiger partial charge is 0.317 e. The fourth-order valence-corrected chi connectivity index (χ4v) is 1.62. The summed E-state index contributed by atoms with van der Waals surface area (Å²) in [6.07, 6.45) is 2.36. The van der Waals surface area contributed by atoms with Crippen LogP contribution in [0.5, 0.6) is 0 Å². The molecule has 0 atom stereocenters. The Balaban J connectivity index is 3.12. The molecular weight excluding hydrogens is 224 g/mol. The summed E-state index contributed by atoms with van der Waals surface area (Å²) >= 11 is 0. The molecule has 0 fully saturated rings. The molecule has 0 aliphatic heterocycles. The van der Waals surface area contributed by atoms with Gasteiger partial charge >= 0.3 is 0 Å². The average Bonchev–Trinajstić information content (AvgIpc) is 2.38. The summed E-state index contributed by atoms with van der Waals surface area (Å²) in [5.41, 5.74) is 1.24. The van der Waals surface area contributed by atoms with E-state index in [9.17, 15) is 0 Å². The van der Waals surface area contributed by atoms with Crippen LogP contribution in [0.2, 0.25) is 0 Å². The molecule has 0 unspecified atom stereocenters. The summed E-state index contributed by atoms with van der Waals surface area (Å²) in [4.78, 5) is 0. The van der Waals surface area contributed by atoms with Gasteiger partial charge in [-0.05, 0) is 57.7 Å². The summed E-state index contributed by atoms with van der Waals surface area (Å²) in [5.74, 6) is 0. The molecule has 0 amide bonds. The van der Waals surface area contributed by atoms with Gasteiger partial charge in [0.25, 0.3) is 0 Å². The lowest BCUT2D eigenvalue weighted by Crippen LogP contribution is -2.28. The summed E-state index contributed by atoms with van der Waals surface area (Å²) in [6, 6.07) is 0. The lowest BCUT2D eigenvalue weighted by molar-refractivity contribution is 0.602. The van der Waals surface area contributed by atoms with Crippen LogP contribution in [0.1, 0.15) is 26.7 Å². The minimum atomic E-state index is 0.923. The van der Waals surface area contributed by atoms with E-state index in [1.54, 1.807) is 0 Å². The molecule has 0 aromatic carbocycles. The Labute approximate surface area is 113 Å². The molecule has 4 N–H and O–H groups in total. The number of hydrogen-bond acceptors (Lipinski definition) is 4. The van der Waals surface area contributed by atoms with Gasteiger partial charge in [-0.3, -0.25) is 0 Å². The van der Waals surface area contributed by atoms with E-state index in [1.807, 2.05) is 0 Å². The van der Waals surface area contributed by atoms with Crippen molar-refractivity contribution in [1.82, 2.24) is 21.3 Å². The quantitative estimate of drug-likeness (QED) is 0.273. The van der Waals surface area contributed by atoms with Gasteiger partial charge < -0.3 is 21.3 Å². The molecule has 0 heterocycles. The zero-order valence-corrected chi connectivity index (χ0v) is 12.3. The van der Waals surface area contributed by atoms with Gasteiger partial charge in [-0.2, -0.15) is 0 Å². The SMILES string of the molecule is C=C(CNCCCNCC)CNCCCNCC. The molecule has 0 bridgehead atoms. The van der Waals surface area contributed by atoms with E-state index >= 15 is 0 Å². The monoisotopic (exact) mass is 256 g/mol. The van der Waals surface area contributed by atoms with Crippen molar-refractivity contribution in [2.24, 2.45) is 0 Å². The molecule has 0 aliphatic rings. The molecule has 0 aromatic heterocycles. The van der Waals surface area contributed by atoms with Crippen LogP contribution >= 0.6 is 0 Å². The third-order valence-corrected chi connectivity index (χ3v) is 2.66. The fraction of sp³-hybridized carbons (Fsp3) is 0.857. The van der Waals surface area contributed by atoms with Crippen LogP contribution in [0, 0.1) is 0 Å². The average molecular weight is 256 g/mol. The highest BCUT2D eigenvalue weighted by Crippen LogP contribution is 1.85. The zero-order valence-electron chi connectivity index (χ0n) is 12.3. The van der Waals surface area contributed by atoms with Crippen LogP contribution < -0.4 is 21.3 Å². The van der Waals surface area contributed by atoms with Crippen molar-refractivity contribution < 1.29 is 0 Å². The van der Waals surface area contributed by atoms with Crippen molar-refractivity contribution in [2.45, 2.75) is 26.7 Å². The Morgan fingerprint density at radius 3 is 1.50 bits per heavy atom. The first-order valence-corrected chi connectivity index (χ1v) is 7.30.